The van der Waals surface area contributed by atoms with Crippen LogP contribution in [-0.2, 0) is 0 Å². The van der Waals surface area contributed by atoms with Crippen LogP contribution in [0, 0.1) is 0 Å². The highest BCUT2D eigenvalue weighted by Crippen LogP contribution is 2.34. The monoisotopic (exact) mass is 263 g/mol. The quantitative estimate of drug-likeness (QED) is 0.517. The van der Waals surface area contributed by atoms with Crippen molar-refractivity contribution in [1.29, 1.82) is 0 Å². The van der Waals surface area contributed by atoms with Crippen LogP contribution in [0.15, 0.2) is 42.6 Å². The zero-order valence-electron chi connectivity index (χ0n) is 10.3. The van der Waals surface area contributed by atoms with E-state index in [-0.39, 0.29) is 5.69 Å². The van der Waals surface area contributed by atoms with Gasteiger partial charge in [-0.05, 0) is 11.5 Å². The highest BCUT2D eigenvalue weighted by molar-refractivity contribution is 6.26. The molecule has 5 heteroatoms. The van der Waals surface area contributed by atoms with E-state index < -0.39 is 5.97 Å². The summed E-state index contributed by atoms with van der Waals surface area (Å²) in [5, 5.41) is 19.5. The zero-order chi connectivity index (χ0) is 13.7. The SMILES string of the molecule is O=C(O)c1n[nH]c2c3ccccc3c3cccnc3c12. The minimum atomic E-state index is -1.06. The minimum absolute atomic E-state index is 0.00875. The Bertz CT molecular complexity index is 988. The molecule has 0 aliphatic heterocycles. The fourth-order valence-corrected chi connectivity index (χ4v) is 2.68. The van der Waals surface area contributed by atoms with E-state index in [1.807, 2.05) is 36.4 Å². The number of H-pyrrole nitrogens is 1. The van der Waals surface area contributed by atoms with E-state index in [0.29, 0.717) is 16.4 Å². The predicted molar refractivity (Wildman–Crippen MR) is 75.9 cm³/mol. The fraction of sp³-hybridized carbons (Fsp3) is 0. The summed E-state index contributed by atoms with van der Waals surface area (Å²) in [6.45, 7) is 0. The molecule has 2 heterocycles. The predicted octanol–water partition coefficient (Wildman–Crippen LogP) is 2.96. The second-order valence-electron chi connectivity index (χ2n) is 4.57. The molecule has 0 spiro atoms. The summed E-state index contributed by atoms with van der Waals surface area (Å²) < 4.78 is 0. The van der Waals surface area contributed by atoms with Crippen LogP contribution in [0.5, 0.6) is 0 Å². The number of nitrogens with one attached hydrogen (secondary N) is 1. The third kappa shape index (κ3) is 1.29. The molecule has 0 amide bonds. The smallest absolute Gasteiger partial charge is 0.357 e. The molecule has 2 N–H and O–H groups in total. The van der Waals surface area contributed by atoms with Crippen molar-refractivity contribution in [1.82, 2.24) is 15.2 Å². The van der Waals surface area contributed by atoms with Gasteiger partial charge in [0.15, 0.2) is 5.69 Å². The van der Waals surface area contributed by atoms with Crippen molar-refractivity contribution >= 4 is 38.5 Å². The molecule has 0 bridgehead atoms. The van der Waals surface area contributed by atoms with Crippen molar-refractivity contribution in [2.24, 2.45) is 0 Å². The number of carboxylic acids is 1. The highest BCUT2D eigenvalue weighted by atomic mass is 16.4. The first-order valence-corrected chi connectivity index (χ1v) is 6.14. The maximum Gasteiger partial charge on any atom is 0.357 e. The molecule has 2 aromatic carbocycles. The number of aromatic amines is 1. The van der Waals surface area contributed by atoms with Gasteiger partial charge in [0, 0.05) is 17.0 Å². The van der Waals surface area contributed by atoms with Crippen LogP contribution in [0.3, 0.4) is 0 Å². The lowest BCUT2D eigenvalue weighted by Gasteiger charge is -2.05. The molecule has 0 aliphatic rings. The van der Waals surface area contributed by atoms with Gasteiger partial charge >= 0.3 is 5.97 Å². The van der Waals surface area contributed by atoms with Crippen LogP contribution in [0.4, 0.5) is 0 Å². The van der Waals surface area contributed by atoms with Gasteiger partial charge in [-0.25, -0.2) is 4.79 Å². The molecule has 0 unspecified atom stereocenters. The molecule has 4 aromatic rings. The van der Waals surface area contributed by atoms with E-state index in [2.05, 4.69) is 15.2 Å². The molecule has 96 valence electrons. The first-order valence-electron chi connectivity index (χ1n) is 6.14. The Labute approximate surface area is 112 Å². The van der Waals surface area contributed by atoms with Gasteiger partial charge in [-0.15, -0.1) is 0 Å². The van der Waals surface area contributed by atoms with Crippen molar-refractivity contribution in [3.8, 4) is 0 Å². The van der Waals surface area contributed by atoms with Gasteiger partial charge in [-0.1, -0.05) is 30.3 Å². The Hall–Kier alpha value is -2.95. The number of nitrogens with zero attached hydrogens (tertiary/aromatic N) is 2. The number of pyridine rings is 1. The second kappa shape index (κ2) is 3.77. The van der Waals surface area contributed by atoms with Gasteiger partial charge in [0.2, 0.25) is 0 Å². The largest absolute Gasteiger partial charge is 0.476 e. The van der Waals surface area contributed by atoms with Crippen molar-refractivity contribution in [3.05, 3.63) is 48.3 Å². The maximum atomic E-state index is 11.3. The number of rotatable bonds is 1. The minimum Gasteiger partial charge on any atom is -0.476 e. The number of benzene rings is 2. The molecule has 0 radical (unpaired) electrons. The third-order valence-electron chi connectivity index (χ3n) is 3.50. The summed E-state index contributed by atoms with van der Waals surface area (Å²) in [5.41, 5.74) is 1.38. The van der Waals surface area contributed by atoms with Gasteiger partial charge in [-0.2, -0.15) is 5.10 Å². The molecule has 4 rings (SSSR count). The second-order valence-corrected chi connectivity index (χ2v) is 4.57. The zero-order valence-corrected chi connectivity index (χ0v) is 10.3. The summed E-state index contributed by atoms with van der Waals surface area (Å²) in [7, 11) is 0. The summed E-state index contributed by atoms with van der Waals surface area (Å²) in [5.74, 6) is -1.06. The fourth-order valence-electron chi connectivity index (χ4n) is 2.68. The number of fused-ring (bicyclic) bond motifs is 6. The van der Waals surface area contributed by atoms with Crippen molar-refractivity contribution in [3.63, 3.8) is 0 Å². The molecule has 2 aromatic heterocycles. The first-order chi connectivity index (χ1) is 9.77. The van der Waals surface area contributed by atoms with E-state index in [0.717, 1.165) is 16.2 Å². The lowest BCUT2D eigenvalue weighted by molar-refractivity contribution is 0.0692. The molecular weight excluding hydrogens is 254 g/mol. The third-order valence-corrected chi connectivity index (χ3v) is 3.50. The van der Waals surface area contributed by atoms with Crippen molar-refractivity contribution < 1.29 is 9.90 Å². The average Bonchev–Trinajstić information content (AvgIpc) is 2.93. The van der Waals surface area contributed by atoms with Gasteiger partial charge in [0.25, 0.3) is 0 Å². The van der Waals surface area contributed by atoms with Crippen molar-refractivity contribution in [2.45, 2.75) is 0 Å². The number of aromatic nitrogens is 3. The first kappa shape index (κ1) is 10.9. The number of aromatic carboxylic acids is 1. The van der Waals surface area contributed by atoms with Gasteiger partial charge < -0.3 is 5.11 Å². The van der Waals surface area contributed by atoms with Crippen molar-refractivity contribution in [2.75, 3.05) is 0 Å². The van der Waals surface area contributed by atoms with Crippen LogP contribution in [-0.4, -0.2) is 26.3 Å². The number of hydrogen-bond donors (Lipinski definition) is 2. The van der Waals surface area contributed by atoms with Crippen LogP contribution in [0.25, 0.3) is 32.6 Å². The molecule has 0 saturated carbocycles. The van der Waals surface area contributed by atoms with E-state index in [4.69, 9.17) is 0 Å². The summed E-state index contributed by atoms with van der Waals surface area (Å²) in [6, 6.07) is 11.6. The summed E-state index contributed by atoms with van der Waals surface area (Å²) in [6.07, 6.45) is 1.66. The van der Waals surface area contributed by atoms with Gasteiger partial charge in [-0.3, -0.25) is 10.1 Å². The Morgan fingerprint density at radius 1 is 1.05 bits per heavy atom. The topological polar surface area (TPSA) is 78.9 Å². The highest BCUT2D eigenvalue weighted by Gasteiger charge is 2.19. The lowest BCUT2D eigenvalue weighted by atomic mass is 10.0. The van der Waals surface area contributed by atoms with Crippen LogP contribution in [0.2, 0.25) is 0 Å². The van der Waals surface area contributed by atoms with E-state index in [1.165, 1.54) is 0 Å². The number of carboxylic acid groups (broad SMARTS) is 1. The Balaban J connectivity index is 2.41. The molecule has 0 fully saturated rings. The summed E-state index contributed by atoms with van der Waals surface area (Å²) >= 11 is 0. The molecule has 0 saturated heterocycles. The lowest BCUT2D eigenvalue weighted by Crippen LogP contribution is -1.97. The molecular formula is C15H9N3O2. The van der Waals surface area contributed by atoms with E-state index >= 15 is 0 Å². The average molecular weight is 263 g/mol. The molecule has 0 aliphatic carbocycles. The Morgan fingerprint density at radius 3 is 2.60 bits per heavy atom. The van der Waals surface area contributed by atoms with E-state index in [1.54, 1.807) is 6.20 Å². The summed E-state index contributed by atoms with van der Waals surface area (Å²) in [4.78, 5) is 15.7. The van der Waals surface area contributed by atoms with Gasteiger partial charge in [0.05, 0.1) is 16.4 Å². The number of hydrogen-bond acceptors (Lipinski definition) is 3. The molecule has 0 atom stereocenters. The van der Waals surface area contributed by atoms with E-state index in [9.17, 15) is 9.90 Å². The standard InChI is InChI=1S/C15H9N3O2/c19-15(20)14-11-12-9(6-3-7-16-12)8-4-1-2-5-10(8)13(11)17-18-14/h1-7H,(H,17,18)(H,19,20). The van der Waals surface area contributed by atoms with Crippen LogP contribution < -0.4 is 0 Å². The molecule has 20 heavy (non-hydrogen) atoms. The number of carbonyl (C=O) groups is 1. The van der Waals surface area contributed by atoms with Gasteiger partial charge in [0.1, 0.15) is 0 Å². The maximum absolute atomic E-state index is 11.3. The molecule has 5 nitrogen and oxygen atoms in total. The van der Waals surface area contributed by atoms with Crippen LogP contribution >= 0.6 is 0 Å². The van der Waals surface area contributed by atoms with Crippen LogP contribution in [0.1, 0.15) is 10.5 Å². The Morgan fingerprint density at radius 2 is 1.80 bits per heavy atom. The Kier molecular flexibility index (Phi) is 2.06. The normalized spacial score (nSPS) is 11.4.